The topological polar surface area (TPSA) is 58.6 Å². The molecule has 0 amide bonds. The third-order valence-electron chi connectivity index (χ3n) is 2.57. The summed E-state index contributed by atoms with van der Waals surface area (Å²) in [5.41, 5.74) is -1.07. The van der Waals surface area contributed by atoms with Crippen LogP contribution in [0.2, 0.25) is 0 Å². The molecule has 1 saturated heterocycles. The van der Waals surface area contributed by atoms with Crippen molar-refractivity contribution in [3.05, 3.63) is 0 Å². The summed E-state index contributed by atoms with van der Waals surface area (Å²) in [7, 11) is 1.26. The van der Waals surface area contributed by atoms with E-state index < -0.39 is 23.8 Å². The van der Waals surface area contributed by atoms with Gasteiger partial charge in [-0.1, -0.05) is 15.9 Å². The van der Waals surface area contributed by atoms with Crippen LogP contribution in [0.5, 0.6) is 0 Å². The number of aliphatic hydroxyl groups excluding tert-OH is 1. The minimum absolute atomic E-state index is 0.0593. The predicted octanol–water partition coefficient (Wildman–Crippen LogP) is 0.376. The smallest absolute Gasteiger partial charge is 0.326 e. The number of hydrogen-bond acceptors (Lipinski definition) is 4. The molecule has 3 atom stereocenters. The minimum Gasteiger partial charge on any atom is -0.468 e. The van der Waals surface area contributed by atoms with E-state index >= 15 is 0 Å². The lowest BCUT2D eigenvalue weighted by Crippen LogP contribution is -2.50. The van der Waals surface area contributed by atoms with Crippen LogP contribution in [0, 0.1) is 0 Å². The predicted molar refractivity (Wildman–Crippen MR) is 56.7 cm³/mol. The first-order valence-electron chi connectivity index (χ1n) is 4.75. The Morgan fingerprint density at radius 1 is 1.87 bits per heavy atom. The van der Waals surface area contributed by atoms with Crippen molar-refractivity contribution >= 4 is 21.9 Å². The van der Waals surface area contributed by atoms with Gasteiger partial charge in [0.15, 0.2) is 0 Å². The molecular weight excluding hydrogens is 269 g/mol. The van der Waals surface area contributed by atoms with E-state index in [0.29, 0.717) is 5.33 Å². The lowest BCUT2D eigenvalue weighted by Gasteiger charge is -2.27. The maximum Gasteiger partial charge on any atom is 0.326 e. The first-order chi connectivity index (χ1) is 7.04. The molecule has 0 radical (unpaired) electrons. The molecule has 0 spiro atoms. The highest BCUT2D eigenvalue weighted by molar-refractivity contribution is 9.09. The van der Waals surface area contributed by atoms with E-state index in [4.69, 9.17) is 0 Å². The maximum atomic E-state index is 13.1. The molecule has 1 heterocycles. The van der Waals surface area contributed by atoms with Crippen LogP contribution in [-0.2, 0) is 9.53 Å². The van der Waals surface area contributed by atoms with E-state index in [1.807, 2.05) is 0 Å². The first-order valence-corrected chi connectivity index (χ1v) is 5.88. The monoisotopic (exact) mass is 283 g/mol. The summed E-state index contributed by atoms with van der Waals surface area (Å²) in [6, 6.07) is 0. The van der Waals surface area contributed by atoms with Crippen molar-refractivity contribution in [3.63, 3.8) is 0 Å². The minimum atomic E-state index is -1.07. The zero-order chi connectivity index (χ0) is 11.5. The van der Waals surface area contributed by atoms with Crippen LogP contribution in [0.1, 0.15) is 12.8 Å². The number of hydrogen-bond donors (Lipinski definition) is 2. The van der Waals surface area contributed by atoms with Gasteiger partial charge in [-0.05, 0) is 0 Å². The van der Waals surface area contributed by atoms with Crippen molar-refractivity contribution in [2.45, 2.75) is 30.7 Å². The van der Waals surface area contributed by atoms with Gasteiger partial charge in [0.1, 0.15) is 11.7 Å². The fraction of sp³-hybridized carbons (Fsp3) is 0.889. The van der Waals surface area contributed by atoms with Crippen molar-refractivity contribution < 1.29 is 19.0 Å². The van der Waals surface area contributed by atoms with Gasteiger partial charge in [-0.25, -0.2) is 4.39 Å². The molecule has 4 nitrogen and oxygen atoms in total. The Bertz CT molecular complexity index is 241. The Hall–Kier alpha value is -0.200. The number of halogens is 2. The van der Waals surface area contributed by atoms with Gasteiger partial charge in [0, 0.05) is 24.7 Å². The van der Waals surface area contributed by atoms with Gasteiger partial charge >= 0.3 is 5.97 Å². The molecule has 1 fully saturated rings. The third kappa shape index (κ3) is 2.89. The van der Waals surface area contributed by atoms with E-state index in [1.165, 1.54) is 7.11 Å². The SMILES string of the molecule is COC(=O)[C@]1(CC(O)CBr)C[C@@H](F)CN1. The van der Waals surface area contributed by atoms with Gasteiger partial charge in [0.05, 0.1) is 13.2 Å². The van der Waals surface area contributed by atoms with Gasteiger partial charge in [0.25, 0.3) is 0 Å². The molecule has 15 heavy (non-hydrogen) atoms. The molecule has 1 unspecified atom stereocenters. The highest BCUT2D eigenvalue weighted by Gasteiger charge is 2.47. The fourth-order valence-corrected chi connectivity index (χ4v) is 2.10. The molecular formula is C9H15BrFNO3. The number of ether oxygens (including phenoxy) is 1. The summed E-state index contributed by atoms with van der Waals surface area (Å²) in [5, 5.41) is 12.7. The number of aliphatic hydroxyl groups is 1. The molecule has 0 aliphatic carbocycles. The molecule has 1 aliphatic heterocycles. The van der Waals surface area contributed by atoms with E-state index in [9.17, 15) is 14.3 Å². The average Bonchev–Trinajstić information content (AvgIpc) is 2.59. The summed E-state index contributed by atoms with van der Waals surface area (Å²) in [6.07, 6.45) is -1.54. The van der Waals surface area contributed by atoms with Crippen LogP contribution in [-0.4, -0.2) is 47.9 Å². The molecule has 1 aliphatic rings. The van der Waals surface area contributed by atoms with Crippen molar-refractivity contribution in [1.29, 1.82) is 0 Å². The zero-order valence-electron chi connectivity index (χ0n) is 8.50. The molecule has 1 rings (SSSR count). The molecule has 2 N–H and O–H groups in total. The van der Waals surface area contributed by atoms with E-state index in [1.54, 1.807) is 0 Å². The van der Waals surface area contributed by atoms with Crippen LogP contribution in [0.3, 0.4) is 0 Å². The fourth-order valence-electron chi connectivity index (χ4n) is 1.88. The number of rotatable bonds is 4. The lowest BCUT2D eigenvalue weighted by atomic mass is 9.90. The second kappa shape index (κ2) is 5.23. The highest BCUT2D eigenvalue weighted by Crippen LogP contribution is 2.28. The summed E-state index contributed by atoms with van der Waals surface area (Å²) >= 11 is 3.11. The average molecular weight is 284 g/mol. The van der Waals surface area contributed by atoms with Gasteiger partial charge in [-0.15, -0.1) is 0 Å². The number of nitrogens with one attached hydrogen (secondary N) is 1. The Morgan fingerprint density at radius 3 is 2.93 bits per heavy atom. The van der Waals surface area contributed by atoms with E-state index in [-0.39, 0.29) is 19.4 Å². The van der Waals surface area contributed by atoms with Gasteiger partial charge in [-0.3, -0.25) is 10.1 Å². The van der Waals surface area contributed by atoms with Gasteiger partial charge in [0.2, 0.25) is 0 Å². The largest absolute Gasteiger partial charge is 0.468 e. The number of carbonyl (C=O) groups excluding carboxylic acids is 1. The van der Waals surface area contributed by atoms with Crippen LogP contribution in [0.25, 0.3) is 0 Å². The highest BCUT2D eigenvalue weighted by atomic mass is 79.9. The maximum absolute atomic E-state index is 13.1. The molecule has 0 aromatic carbocycles. The second-order valence-corrected chi connectivity index (χ2v) is 4.42. The van der Waals surface area contributed by atoms with E-state index in [0.717, 1.165) is 0 Å². The Morgan fingerprint density at radius 2 is 2.53 bits per heavy atom. The summed E-state index contributed by atoms with van der Waals surface area (Å²) in [6.45, 7) is 0.129. The lowest BCUT2D eigenvalue weighted by molar-refractivity contribution is -0.149. The van der Waals surface area contributed by atoms with Crippen LogP contribution in [0.15, 0.2) is 0 Å². The van der Waals surface area contributed by atoms with Crippen LogP contribution >= 0.6 is 15.9 Å². The van der Waals surface area contributed by atoms with Gasteiger partial charge < -0.3 is 9.84 Å². The van der Waals surface area contributed by atoms with Crippen molar-refractivity contribution in [2.24, 2.45) is 0 Å². The third-order valence-corrected chi connectivity index (χ3v) is 3.32. The normalized spacial score (nSPS) is 32.7. The van der Waals surface area contributed by atoms with Crippen molar-refractivity contribution in [2.75, 3.05) is 19.0 Å². The summed E-state index contributed by atoms with van der Waals surface area (Å²) in [4.78, 5) is 11.6. The molecule has 0 bridgehead atoms. The Kier molecular flexibility index (Phi) is 4.48. The second-order valence-electron chi connectivity index (χ2n) is 3.77. The van der Waals surface area contributed by atoms with Crippen molar-refractivity contribution in [3.8, 4) is 0 Å². The molecule has 0 aromatic rings. The van der Waals surface area contributed by atoms with Crippen LogP contribution in [0.4, 0.5) is 4.39 Å². The Labute approximate surface area is 96.3 Å². The standard InChI is InChI=1S/C9H15BrFNO3/c1-15-8(14)9(3-7(13)4-10)2-6(11)5-12-9/h6-7,12-13H,2-5H2,1H3/t6-,7?,9-/m1/s1. The zero-order valence-corrected chi connectivity index (χ0v) is 10.1. The number of alkyl halides is 2. The number of carbonyl (C=O) groups is 1. The number of methoxy groups -OCH3 is 1. The first kappa shape index (κ1) is 12.9. The molecule has 0 aromatic heterocycles. The quantitative estimate of drug-likeness (QED) is 0.578. The summed E-state index contributed by atoms with van der Waals surface area (Å²) in [5.74, 6) is -0.511. The van der Waals surface area contributed by atoms with Crippen LogP contribution < -0.4 is 5.32 Å². The Balaban J connectivity index is 2.73. The van der Waals surface area contributed by atoms with Crippen molar-refractivity contribution in [1.82, 2.24) is 5.32 Å². The van der Waals surface area contributed by atoms with Gasteiger partial charge in [-0.2, -0.15) is 0 Å². The molecule has 88 valence electrons. The summed E-state index contributed by atoms with van der Waals surface area (Å²) < 4.78 is 17.7. The molecule has 0 saturated carbocycles. The number of esters is 1. The van der Waals surface area contributed by atoms with E-state index in [2.05, 4.69) is 26.0 Å². The molecule has 6 heteroatoms.